The number of carboxylic acids is 1. The van der Waals surface area contributed by atoms with Gasteiger partial charge in [-0.05, 0) is 30.2 Å². The van der Waals surface area contributed by atoms with Crippen molar-refractivity contribution in [3.05, 3.63) is 29.3 Å². The van der Waals surface area contributed by atoms with Crippen LogP contribution < -0.4 is 4.90 Å². The van der Waals surface area contributed by atoms with Gasteiger partial charge in [0.25, 0.3) is 5.91 Å². The predicted octanol–water partition coefficient (Wildman–Crippen LogP) is 1.93. The van der Waals surface area contributed by atoms with Crippen LogP contribution in [0.25, 0.3) is 0 Å². The van der Waals surface area contributed by atoms with E-state index >= 15 is 0 Å². The molecule has 0 radical (unpaired) electrons. The van der Waals surface area contributed by atoms with Crippen LogP contribution in [0.15, 0.2) is 18.2 Å². The molecule has 1 saturated heterocycles. The molecule has 9 heteroatoms. The van der Waals surface area contributed by atoms with Crippen molar-refractivity contribution >= 4 is 23.5 Å². The third kappa shape index (κ3) is 3.13. The smallest absolute Gasteiger partial charge is 0.394 e. The number of fused-ring (bicyclic) bond motifs is 1. The molecule has 0 saturated carbocycles. The van der Waals surface area contributed by atoms with Crippen LogP contribution in [0, 0.1) is 11.8 Å². The summed E-state index contributed by atoms with van der Waals surface area (Å²) in [5.74, 6) is -6.06. The van der Waals surface area contributed by atoms with Crippen molar-refractivity contribution in [3.8, 4) is 0 Å². The fourth-order valence-electron chi connectivity index (χ4n) is 3.60. The zero-order valence-corrected chi connectivity index (χ0v) is 13.9. The molecule has 2 heterocycles. The highest BCUT2D eigenvalue weighted by Crippen LogP contribution is 2.38. The Labute approximate surface area is 147 Å². The van der Waals surface area contributed by atoms with Crippen LogP contribution >= 0.6 is 0 Å². The summed E-state index contributed by atoms with van der Waals surface area (Å²) in [5, 5.41) is 9.05. The summed E-state index contributed by atoms with van der Waals surface area (Å²) >= 11 is 0. The van der Waals surface area contributed by atoms with Gasteiger partial charge in [0.05, 0.1) is 11.8 Å². The number of carboxylic acid groups (broad SMARTS) is 1. The van der Waals surface area contributed by atoms with Crippen LogP contribution in [0.1, 0.15) is 22.8 Å². The van der Waals surface area contributed by atoms with E-state index in [-0.39, 0.29) is 11.5 Å². The van der Waals surface area contributed by atoms with Crippen LogP contribution in [-0.2, 0) is 16.0 Å². The van der Waals surface area contributed by atoms with Crippen LogP contribution in [-0.4, -0.2) is 53.6 Å². The lowest BCUT2D eigenvalue weighted by atomic mass is 9.96. The molecule has 0 aliphatic carbocycles. The van der Waals surface area contributed by atoms with Crippen LogP contribution in [0.5, 0.6) is 0 Å². The molecular weight excluding hydrogens is 353 g/mol. The van der Waals surface area contributed by atoms with E-state index in [1.807, 2.05) is 0 Å². The number of aliphatic carboxylic acids is 1. The van der Waals surface area contributed by atoms with Crippen LogP contribution in [0.2, 0.25) is 0 Å². The average Bonchev–Trinajstić information content (AvgIpc) is 3.17. The molecule has 3 rings (SSSR count). The first-order valence-electron chi connectivity index (χ1n) is 8.09. The quantitative estimate of drug-likeness (QED) is 0.863. The Balaban J connectivity index is 1.82. The minimum Gasteiger partial charge on any atom is -0.481 e. The van der Waals surface area contributed by atoms with Gasteiger partial charge in [-0.3, -0.25) is 14.4 Å². The van der Waals surface area contributed by atoms with Crippen LogP contribution in [0.3, 0.4) is 0 Å². The Morgan fingerprint density at radius 3 is 2.42 bits per heavy atom. The number of halogens is 3. The monoisotopic (exact) mass is 370 g/mol. The average molecular weight is 370 g/mol. The highest BCUT2D eigenvalue weighted by Gasteiger charge is 2.53. The highest BCUT2D eigenvalue weighted by atomic mass is 19.4. The molecule has 26 heavy (non-hydrogen) atoms. The number of benzene rings is 1. The number of carbonyl (C=O) groups excluding carboxylic acids is 2. The summed E-state index contributed by atoms with van der Waals surface area (Å²) in [4.78, 5) is 37.8. The Morgan fingerprint density at radius 2 is 1.88 bits per heavy atom. The van der Waals surface area contributed by atoms with E-state index in [2.05, 4.69) is 0 Å². The molecule has 0 bridgehead atoms. The first-order chi connectivity index (χ1) is 12.1. The van der Waals surface area contributed by atoms with Gasteiger partial charge < -0.3 is 14.9 Å². The molecular formula is C17H17F3N2O4. The maximum atomic E-state index is 13.1. The number of amides is 2. The van der Waals surface area contributed by atoms with Gasteiger partial charge in [0.15, 0.2) is 0 Å². The maximum Gasteiger partial charge on any atom is 0.394 e. The number of hydrogen-bond acceptors (Lipinski definition) is 3. The number of hydrogen-bond donors (Lipinski definition) is 1. The predicted molar refractivity (Wildman–Crippen MR) is 84.7 cm³/mol. The number of anilines is 1. The minimum absolute atomic E-state index is 0.125. The minimum atomic E-state index is -4.68. The second kappa shape index (κ2) is 6.30. The summed E-state index contributed by atoms with van der Waals surface area (Å²) in [6.07, 6.45) is -4.13. The van der Waals surface area contributed by atoms with E-state index in [0.717, 1.165) is 10.5 Å². The largest absolute Gasteiger partial charge is 0.481 e. The molecule has 1 N–H and O–H groups in total. The van der Waals surface area contributed by atoms with Crippen molar-refractivity contribution in [1.29, 1.82) is 0 Å². The Morgan fingerprint density at radius 1 is 1.19 bits per heavy atom. The summed E-state index contributed by atoms with van der Waals surface area (Å²) in [7, 11) is 0. The van der Waals surface area contributed by atoms with E-state index in [9.17, 15) is 27.6 Å². The number of likely N-dealkylation sites (tertiary alicyclic amines) is 1. The molecule has 0 unspecified atom stereocenters. The fourth-order valence-corrected chi connectivity index (χ4v) is 3.60. The Hall–Kier alpha value is -2.58. The molecule has 0 aromatic heterocycles. The van der Waals surface area contributed by atoms with Gasteiger partial charge in [-0.1, -0.05) is 0 Å². The van der Waals surface area contributed by atoms with Gasteiger partial charge in [0.1, 0.15) is 0 Å². The summed E-state index contributed by atoms with van der Waals surface area (Å²) in [6.45, 7) is 0.774. The SMILES string of the molecule is CC(=O)N1CCc2cc(C(=O)N3C[C@@H](C(F)(F)F)[C@H](C(=O)O)C3)ccc21. The van der Waals surface area contributed by atoms with Crippen molar-refractivity contribution < 1.29 is 32.7 Å². The first kappa shape index (κ1) is 18.2. The number of rotatable bonds is 2. The molecule has 2 atom stereocenters. The summed E-state index contributed by atoms with van der Waals surface area (Å²) in [6, 6.07) is 4.62. The van der Waals surface area contributed by atoms with Gasteiger partial charge in [-0.2, -0.15) is 13.2 Å². The maximum absolute atomic E-state index is 13.1. The number of carbonyl (C=O) groups is 3. The van der Waals surface area contributed by atoms with Gasteiger partial charge in [-0.25, -0.2) is 0 Å². The topological polar surface area (TPSA) is 77.9 Å². The van der Waals surface area contributed by atoms with Crippen molar-refractivity contribution in [2.75, 3.05) is 24.5 Å². The lowest BCUT2D eigenvalue weighted by molar-refractivity contribution is -0.187. The van der Waals surface area contributed by atoms with Gasteiger partial charge in [0.2, 0.25) is 5.91 Å². The molecule has 140 valence electrons. The summed E-state index contributed by atoms with van der Waals surface area (Å²) < 4.78 is 39.2. The van der Waals surface area contributed by atoms with Gasteiger partial charge >= 0.3 is 12.1 Å². The van der Waals surface area contributed by atoms with E-state index < -0.39 is 43.0 Å². The molecule has 0 spiro atoms. The second-order valence-corrected chi connectivity index (χ2v) is 6.57. The van der Waals surface area contributed by atoms with E-state index in [0.29, 0.717) is 18.7 Å². The van der Waals surface area contributed by atoms with Crippen molar-refractivity contribution in [1.82, 2.24) is 4.90 Å². The van der Waals surface area contributed by atoms with Crippen molar-refractivity contribution in [2.45, 2.75) is 19.5 Å². The number of nitrogens with zero attached hydrogens (tertiary/aromatic N) is 2. The van der Waals surface area contributed by atoms with Crippen molar-refractivity contribution in [2.24, 2.45) is 11.8 Å². The normalized spacial score (nSPS) is 22.5. The van der Waals surface area contributed by atoms with E-state index in [4.69, 9.17) is 5.11 Å². The molecule has 2 aliphatic rings. The second-order valence-electron chi connectivity index (χ2n) is 6.57. The van der Waals surface area contributed by atoms with Crippen LogP contribution in [0.4, 0.5) is 18.9 Å². The summed E-state index contributed by atoms with van der Waals surface area (Å²) in [5.41, 5.74) is 1.65. The molecule has 1 aromatic rings. The molecule has 1 aromatic carbocycles. The molecule has 1 fully saturated rings. The molecule has 6 nitrogen and oxygen atoms in total. The van der Waals surface area contributed by atoms with Crippen molar-refractivity contribution in [3.63, 3.8) is 0 Å². The Bertz CT molecular complexity index is 778. The third-order valence-electron chi connectivity index (χ3n) is 4.95. The fraction of sp³-hybridized carbons (Fsp3) is 0.471. The van der Waals surface area contributed by atoms with E-state index in [1.54, 1.807) is 17.0 Å². The van der Waals surface area contributed by atoms with Gasteiger partial charge in [-0.15, -0.1) is 0 Å². The number of alkyl halides is 3. The lowest BCUT2D eigenvalue weighted by Gasteiger charge is -2.19. The Kier molecular flexibility index (Phi) is 4.41. The van der Waals surface area contributed by atoms with E-state index in [1.165, 1.54) is 13.0 Å². The molecule has 2 aliphatic heterocycles. The highest BCUT2D eigenvalue weighted by molar-refractivity contribution is 5.98. The zero-order chi connectivity index (χ0) is 19.2. The lowest BCUT2D eigenvalue weighted by Crippen LogP contribution is -2.34. The first-order valence-corrected chi connectivity index (χ1v) is 8.09. The van der Waals surface area contributed by atoms with Gasteiger partial charge in [0, 0.05) is 37.8 Å². The standard InChI is InChI=1S/C17H17F3N2O4/c1-9(23)22-5-4-10-6-11(2-3-14(10)22)15(24)21-7-12(16(25)26)13(8-21)17(18,19)20/h2-3,6,12-13H,4-5,7-8H2,1H3,(H,25,26)/t12-,13-/m1/s1. The molecule has 2 amide bonds. The zero-order valence-electron chi connectivity index (χ0n) is 13.9. The third-order valence-corrected chi connectivity index (χ3v) is 4.95.